The van der Waals surface area contributed by atoms with Crippen molar-refractivity contribution >= 4 is 81.4 Å². The molecule has 0 aliphatic rings. The lowest BCUT2D eigenvalue weighted by Crippen LogP contribution is -2.11. The molecule has 0 saturated heterocycles. The minimum absolute atomic E-state index is 0.671. The van der Waals surface area contributed by atoms with Gasteiger partial charge in [0.05, 0.1) is 5.69 Å². The largest absolute Gasteiger partial charge is 0.438 e. The summed E-state index contributed by atoms with van der Waals surface area (Å²) in [5.74, 6) is 0. The summed E-state index contributed by atoms with van der Waals surface area (Å²) in [6.45, 7) is 0. The van der Waals surface area contributed by atoms with E-state index in [1.165, 1.54) is 42.1 Å². The van der Waals surface area contributed by atoms with E-state index in [-0.39, 0.29) is 0 Å². The minimum atomic E-state index is 0.671. The summed E-state index contributed by atoms with van der Waals surface area (Å²) in [7, 11) is 0. The Morgan fingerprint density at radius 3 is 2.14 bits per heavy atom. The molecule has 3 heterocycles. The van der Waals surface area contributed by atoms with Crippen molar-refractivity contribution in [3.05, 3.63) is 170 Å². The number of anilines is 3. The molecule has 0 saturated carbocycles. The second-order valence-electron chi connectivity index (χ2n) is 12.4. The van der Waals surface area contributed by atoms with E-state index in [4.69, 9.17) is 4.42 Å². The Hall–Kier alpha value is -6.23. The number of para-hydroxylation sites is 1. The number of thiophene rings is 1. The predicted molar refractivity (Wildman–Crippen MR) is 207 cm³/mol. The Kier molecular flexibility index (Phi) is 6.36. The lowest BCUT2D eigenvalue weighted by molar-refractivity contribution is 0.654. The van der Waals surface area contributed by atoms with E-state index in [0.29, 0.717) is 5.71 Å². The number of benzene rings is 7. The average Bonchev–Trinajstić information content (AvgIpc) is 3.74. The summed E-state index contributed by atoms with van der Waals surface area (Å²) in [6.07, 6.45) is 1.78. The van der Waals surface area contributed by atoms with Crippen LogP contribution in [-0.2, 0) is 0 Å². The van der Waals surface area contributed by atoms with Crippen molar-refractivity contribution in [2.45, 2.75) is 0 Å². The molecule has 10 rings (SSSR count). The first-order valence-corrected chi connectivity index (χ1v) is 17.3. The van der Waals surface area contributed by atoms with Crippen molar-refractivity contribution < 1.29 is 4.42 Å². The van der Waals surface area contributed by atoms with Crippen LogP contribution in [0, 0.1) is 0 Å². The van der Waals surface area contributed by atoms with E-state index >= 15 is 0 Å². The van der Waals surface area contributed by atoms with E-state index in [9.17, 15) is 0 Å². The van der Waals surface area contributed by atoms with Gasteiger partial charge < -0.3 is 9.32 Å². The van der Waals surface area contributed by atoms with Crippen molar-refractivity contribution in [1.82, 2.24) is 4.98 Å². The van der Waals surface area contributed by atoms with Gasteiger partial charge >= 0.3 is 0 Å². The molecule has 7 aromatic carbocycles. The molecule has 0 atom stereocenters. The molecule has 0 fully saturated rings. The van der Waals surface area contributed by atoms with Crippen molar-refractivity contribution in [3.63, 3.8) is 0 Å². The molecule has 0 spiro atoms. The highest BCUT2D eigenvalue weighted by Crippen LogP contribution is 2.44. The summed E-state index contributed by atoms with van der Waals surface area (Å²) in [6, 6.07) is 58.8. The molecule has 0 unspecified atom stereocenters. The number of rotatable bonds is 5. The zero-order chi connectivity index (χ0) is 32.3. The van der Waals surface area contributed by atoms with Gasteiger partial charge in [0, 0.05) is 54.1 Å². The fraction of sp³-hybridized carbons (Fsp3) is 0. The van der Waals surface area contributed by atoms with E-state index in [1.54, 1.807) is 6.20 Å². The van der Waals surface area contributed by atoms with Crippen LogP contribution in [0.15, 0.2) is 174 Å². The number of hydrogen-bond donors (Lipinski definition) is 0. The molecule has 3 nitrogen and oxygen atoms in total. The van der Waals surface area contributed by atoms with E-state index in [0.717, 1.165) is 44.5 Å². The molecule has 230 valence electrons. The van der Waals surface area contributed by atoms with E-state index in [1.807, 2.05) is 23.5 Å². The van der Waals surface area contributed by atoms with Crippen LogP contribution < -0.4 is 4.90 Å². The number of hydrogen-bond acceptors (Lipinski definition) is 4. The molecule has 4 heteroatoms. The highest BCUT2D eigenvalue weighted by molar-refractivity contribution is 7.25. The fourth-order valence-electron chi connectivity index (χ4n) is 7.22. The van der Waals surface area contributed by atoms with Gasteiger partial charge in [0.1, 0.15) is 5.58 Å². The summed E-state index contributed by atoms with van der Waals surface area (Å²) < 4.78 is 8.71. The predicted octanol–water partition coefficient (Wildman–Crippen LogP) is 13.3. The standard InChI is InChI=1S/C45H28N2OS/c1-2-9-30(10-3-1)35-11-4-6-14-40(35)47(34-23-25-43-39(28-34)36-12-5-7-15-42(36)49-43)33-21-18-29(19-22-33)32-17-16-31-20-24-41-44(38(31)27-32)37-13-8-26-46-45(37)48-41/h1-28H. The van der Waals surface area contributed by atoms with Crippen LogP contribution in [0.2, 0.25) is 0 Å². The lowest BCUT2D eigenvalue weighted by atomic mass is 9.98. The smallest absolute Gasteiger partial charge is 0.227 e. The van der Waals surface area contributed by atoms with E-state index < -0.39 is 0 Å². The molecule has 0 bridgehead atoms. The van der Waals surface area contributed by atoms with Gasteiger partial charge in [-0.05, 0) is 94.2 Å². The zero-order valence-corrected chi connectivity index (χ0v) is 27.2. The molecule has 0 aliphatic heterocycles. The quantitative estimate of drug-likeness (QED) is 0.187. The second kappa shape index (κ2) is 11.2. The van der Waals surface area contributed by atoms with Crippen LogP contribution in [0.4, 0.5) is 17.1 Å². The Morgan fingerprint density at radius 2 is 1.22 bits per heavy atom. The van der Waals surface area contributed by atoms with Crippen molar-refractivity contribution in [2.75, 3.05) is 4.90 Å². The third kappa shape index (κ3) is 4.61. The number of nitrogens with zero attached hydrogens (tertiary/aromatic N) is 2. The third-order valence-electron chi connectivity index (χ3n) is 9.54. The van der Waals surface area contributed by atoms with Crippen molar-refractivity contribution in [2.24, 2.45) is 0 Å². The molecule has 0 amide bonds. The SMILES string of the molecule is c1ccc(-c2ccccc2N(c2ccc(-c3ccc4ccc5oc6ncccc6c5c4c3)cc2)c2ccc3sc4ccccc4c3c2)cc1. The van der Waals surface area contributed by atoms with Gasteiger partial charge in [-0.2, -0.15) is 0 Å². The minimum Gasteiger partial charge on any atom is -0.438 e. The Labute approximate surface area is 286 Å². The zero-order valence-electron chi connectivity index (χ0n) is 26.4. The van der Waals surface area contributed by atoms with Gasteiger partial charge in [-0.15, -0.1) is 11.3 Å². The van der Waals surface area contributed by atoms with Gasteiger partial charge in [-0.25, -0.2) is 4.98 Å². The fourth-order valence-corrected chi connectivity index (χ4v) is 8.31. The molecule has 49 heavy (non-hydrogen) atoms. The van der Waals surface area contributed by atoms with Crippen molar-refractivity contribution in [1.29, 1.82) is 0 Å². The average molecular weight is 645 g/mol. The Balaban J connectivity index is 1.13. The maximum Gasteiger partial charge on any atom is 0.227 e. The summed E-state index contributed by atoms with van der Waals surface area (Å²) in [5.41, 5.74) is 9.57. The molecule has 0 aliphatic carbocycles. The van der Waals surface area contributed by atoms with Gasteiger partial charge in [-0.1, -0.05) is 97.1 Å². The van der Waals surface area contributed by atoms with Gasteiger partial charge in [-0.3, -0.25) is 0 Å². The van der Waals surface area contributed by atoms with Crippen LogP contribution in [0.5, 0.6) is 0 Å². The second-order valence-corrected chi connectivity index (χ2v) is 13.5. The molecule has 0 radical (unpaired) electrons. The third-order valence-corrected chi connectivity index (χ3v) is 10.7. The van der Waals surface area contributed by atoms with Crippen LogP contribution in [-0.4, -0.2) is 4.98 Å². The van der Waals surface area contributed by atoms with Crippen LogP contribution in [0.25, 0.3) is 75.3 Å². The van der Waals surface area contributed by atoms with E-state index in [2.05, 4.69) is 162 Å². The van der Waals surface area contributed by atoms with Gasteiger partial charge in [0.2, 0.25) is 5.71 Å². The number of fused-ring (bicyclic) bond motifs is 8. The number of aromatic nitrogens is 1. The molecular weight excluding hydrogens is 617 g/mol. The van der Waals surface area contributed by atoms with Crippen LogP contribution in [0.1, 0.15) is 0 Å². The molecule has 3 aromatic heterocycles. The normalized spacial score (nSPS) is 11.7. The molecular formula is C45H28N2OS. The topological polar surface area (TPSA) is 29.3 Å². The Morgan fingerprint density at radius 1 is 0.490 bits per heavy atom. The number of pyridine rings is 1. The maximum atomic E-state index is 6.10. The van der Waals surface area contributed by atoms with Gasteiger partial charge in [0.25, 0.3) is 0 Å². The highest BCUT2D eigenvalue weighted by atomic mass is 32.1. The maximum absolute atomic E-state index is 6.10. The highest BCUT2D eigenvalue weighted by Gasteiger charge is 2.19. The number of furan rings is 1. The summed E-state index contributed by atoms with van der Waals surface area (Å²) in [4.78, 5) is 6.86. The summed E-state index contributed by atoms with van der Waals surface area (Å²) in [5, 5.41) is 7.07. The first-order chi connectivity index (χ1) is 24.3. The first kappa shape index (κ1) is 27.8. The molecule has 0 N–H and O–H groups in total. The first-order valence-electron chi connectivity index (χ1n) is 16.4. The van der Waals surface area contributed by atoms with Gasteiger partial charge in [0.15, 0.2) is 0 Å². The van der Waals surface area contributed by atoms with Crippen molar-refractivity contribution in [3.8, 4) is 22.3 Å². The summed E-state index contributed by atoms with van der Waals surface area (Å²) >= 11 is 1.85. The monoisotopic (exact) mass is 644 g/mol. The van der Waals surface area contributed by atoms with Crippen LogP contribution in [0.3, 0.4) is 0 Å². The van der Waals surface area contributed by atoms with Crippen LogP contribution >= 0.6 is 11.3 Å². The molecule has 10 aromatic rings. The lowest BCUT2D eigenvalue weighted by Gasteiger charge is -2.28. The Bertz CT molecular complexity index is 2830.